The molecule has 1 fully saturated rings. The summed E-state index contributed by atoms with van der Waals surface area (Å²) in [6, 6.07) is 0.345. The van der Waals surface area contributed by atoms with Crippen LogP contribution in [0.1, 0.15) is 33.1 Å². The molecular formula is C12H26N2O2S. The second-order valence-electron chi connectivity index (χ2n) is 5.15. The van der Waals surface area contributed by atoms with Gasteiger partial charge in [0, 0.05) is 19.1 Å². The first-order valence-corrected chi connectivity index (χ1v) is 8.30. The lowest BCUT2D eigenvalue weighted by Gasteiger charge is -2.26. The number of sulfone groups is 1. The molecule has 0 bridgehead atoms. The maximum Gasteiger partial charge on any atom is 0.154 e. The van der Waals surface area contributed by atoms with Crippen LogP contribution < -0.4 is 5.32 Å². The Morgan fingerprint density at radius 3 is 2.71 bits per heavy atom. The van der Waals surface area contributed by atoms with Gasteiger partial charge in [-0.3, -0.25) is 0 Å². The van der Waals surface area contributed by atoms with Crippen LogP contribution in [0, 0.1) is 0 Å². The van der Waals surface area contributed by atoms with E-state index < -0.39 is 9.84 Å². The highest BCUT2D eigenvalue weighted by Crippen LogP contribution is 2.18. The third-order valence-corrected chi connectivity index (χ3v) is 5.81. The average molecular weight is 262 g/mol. The van der Waals surface area contributed by atoms with Crippen molar-refractivity contribution in [2.24, 2.45) is 0 Å². The standard InChI is InChI=1S/C12H26N2O2S/c1-4-14(3)10-11(2)13-9-12-7-5-6-8-17(12,15)16/h11-13H,4-10H2,1-3H3. The Kier molecular flexibility index (Phi) is 5.89. The molecule has 1 N–H and O–H groups in total. The van der Waals surface area contributed by atoms with Crippen molar-refractivity contribution in [2.45, 2.75) is 44.4 Å². The monoisotopic (exact) mass is 262 g/mol. The Bertz CT molecular complexity index is 316. The molecule has 0 aromatic carbocycles. The number of hydrogen-bond acceptors (Lipinski definition) is 4. The van der Waals surface area contributed by atoms with Crippen LogP contribution in [0.2, 0.25) is 0 Å². The summed E-state index contributed by atoms with van der Waals surface area (Å²) in [4.78, 5) is 2.23. The summed E-state index contributed by atoms with van der Waals surface area (Å²) >= 11 is 0. The second-order valence-corrected chi connectivity index (χ2v) is 7.55. The van der Waals surface area contributed by atoms with Gasteiger partial charge in [-0.15, -0.1) is 0 Å². The molecule has 5 heteroatoms. The Morgan fingerprint density at radius 1 is 1.41 bits per heavy atom. The topological polar surface area (TPSA) is 49.4 Å². The first-order valence-electron chi connectivity index (χ1n) is 6.59. The van der Waals surface area contributed by atoms with Gasteiger partial charge >= 0.3 is 0 Å². The van der Waals surface area contributed by atoms with Gasteiger partial charge in [0.2, 0.25) is 0 Å². The minimum Gasteiger partial charge on any atom is -0.312 e. The second kappa shape index (κ2) is 6.71. The van der Waals surface area contributed by atoms with Crippen molar-refractivity contribution in [3.8, 4) is 0 Å². The maximum atomic E-state index is 11.8. The zero-order valence-corrected chi connectivity index (χ0v) is 12.1. The first-order chi connectivity index (χ1) is 7.95. The van der Waals surface area contributed by atoms with E-state index in [0.717, 1.165) is 32.4 Å². The summed E-state index contributed by atoms with van der Waals surface area (Å²) in [6.07, 6.45) is 2.72. The smallest absolute Gasteiger partial charge is 0.154 e. The molecule has 102 valence electrons. The Labute approximate surface area is 106 Å². The van der Waals surface area contributed by atoms with E-state index in [-0.39, 0.29) is 5.25 Å². The van der Waals surface area contributed by atoms with Crippen molar-refractivity contribution >= 4 is 9.84 Å². The number of nitrogens with one attached hydrogen (secondary N) is 1. The molecular weight excluding hydrogens is 236 g/mol. The van der Waals surface area contributed by atoms with Gasteiger partial charge in [0.1, 0.15) is 0 Å². The van der Waals surface area contributed by atoms with Crippen LogP contribution in [0.15, 0.2) is 0 Å². The summed E-state index contributed by atoms with van der Waals surface area (Å²) in [7, 11) is -0.750. The predicted molar refractivity (Wildman–Crippen MR) is 72.1 cm³/mol. The molecule has 0 saturated carbocycles. The fourth-order valence-corrected chi connectivity index (χ4v) is 4.06. The predicted octanol–water partition coefficient (Wildman–Crippen LogP) is 0.884. The van der Waals surface area contributed by atoms with E-state index in [4.69, 9.17) is 0 Å². The van der Waals surface area contributed by atoms with Crippen molar-refractivity contribution in [3.05, 3.63) is 0 Å². The zero-order chi connectivity index (χ0) is 12.9. The van der Waals surface area contributed by atoms with Crippen molar-refractivity contribution in [1.29, 1.82) is 0 Å². The molecule has 1 heterocycles. The Hall–Kier alpha value is -0.130. The van der Waals surface area contributed by atoms with Crippen molar-refractivity contribution in [2.75, 3.05) is 32.4 Å². The summed E-state index contributed by atoms with van der Waals surface area (Å²) < 4.78 is 23.6. The highest BCUT2D eigenvalue weighted by Gasteiger charge is 2.28. The van der Waals surface area contributed by atoms with Crippen LogP contribution in [0.5, 0.6) is 0 Å². The lowest BCUT2D eigenvalue weighted by atomic mass is 10.2. The largest absolute Gasteiger partial charge is 0.312 e. The van der Waals surface area contributed by atoms with Crippen LogP contribution in [0.3, 0.4) is 0 Å². The number of hydrogen-bond donors (Lipinski definition) is 1. The third kappa shape index (κ3) is 4.94. The van der Waals surface area contributed by atoms with Crippen molar-refractivity contribution in [1.82, 2.24) is 10.2 Å². The minimum atomic E-state index is -2.83. The van der Waals surface area contributed by atoms with Crippen molar-refractivity contribution in [3.63, 3.8) is 0 Å². The molecule has 0 aromatic heterocycles. The van der Waals surface area contributed by atoms with Crippen molar-refractivity contribution < 1.29 is 8.42 Å². The molecule has 1 aliphatic heterocycles. The van der Waals surface area contributed by atoms with Gasteiger partial charge in [-0.1, -0.05) is 13.3 Å². The Morgan fingerprint density at radius 2 is 2.12 bits per heavy atom. The van der Waals surface area contributed by atoms with Gasteiger partial charge in [0.15, 0.2) is 9.84 Å². The first kappa shape index (κ1) is 14.9. The lowest BCUT2D eigenvalue weighted by molar-refractivity contribution is 0.309. The van der Waals surface area contributed by atoms with Crippen LogP contribution >= 0.6 is 0 Å². The number of likely N-dealkylation sites (N-methyl/N-ethyl adjacent to an activating group) is 1. The molecule has 0 radical (unpaired) electrons. The van der Waals surface area contributed by atoms with Crippen LogP contribution in [0.4, 0.5) is 0 Å². The number of rotatable bonds is 6. The molecule has 0 aromatic rings. The molecule has 2 unspecified atom stereocenters. The molecule has 0 spiro atoms. The third-order valence-electron chi connectivity index (χ3n) is 3.53. The number of nitrogens with zero attached hydrogens (tertiary/aromatic N) is 1. The molecule has 1 rings (SSSR count). The van der Waals surface area contributed by atoms with E-state index in [0.29, 0.717) is 18.3 Å². The normalized spacial score (nSPS) is 26.0. The summed E-state index contributed by atoms with van der Waals surface area (Å²) in [5.41, 5.74) is 0. The van der Waals surface area contributed by atoms with Gasteiger partial charge in [-0.2, -0.15) is 0 Å². The highest BCUT2D eigenvalue weighted by atomic mass is 32.2. The molecule has 17 heavy (non-hydrogen) atoms. The van der Waals surface area contributed by atoms with E-state index >= 15 is 0 Å². The van der Waals surface area contributed by atoms with Gasteiger partial charge in [-0.25, -0.2) is 8.42 Å². The molecule has 1 saturated heterocycles. The average Bonchev–Trinajstić information content (AvgIpc) is 2.26. The van der Waals surface area contributed by atoms with Crippen LogP contribution in [-0.2, 0) is 9.84 Å². The molecule has 4 nitrogen and oxygen atoms in total. The molecule has 2 atom stereocenters. The summed E-state index contributed by atoms with van der Waals surface area (Å²) in [5, 5.41) is 3.19. The van der Waals surface area contributed by atoms with E-state index in [2.05, 4.69) is 31.1 Å². The molecule has 1 aliphatic rings. The van der Waals surface area contributed by atoms with E-state index in [1.807, 2.05) is 0 Å². The molecule has 0 aliphatic carbocycles. The maximum absolute atomic E-state index is 11.8. The van der Waals surface area contributed by atoms with Gasteiger partial charge < -0.3 is 10.2 Å². The minimum absolute atomic E-state index is 0.161. The summed E-state index contributed by atoms with van der Waals surface area (Å²) in [5.74, 6) is 0.378. The van der Waals surface area contributed by atoms with Gasteiger partial charge in [-0.05, 0) is 33.4 Å². The van der Waals surface area contributed by atoms with Gasteiger partial charge in [0.05, 0.1) is 11.0 Å². The summed E-state index contributed by atoms with van der Waals surface area (Å²) in [6.45, 7) is 6.83. The Balaban J connectivity index is 2.34. The zero-order valence-electron chi connectivity index (χ0n) is 11.3. The van der Waals surface area contributed by atoms with E-state index in [9.17, 15) is 8.42 Å². The quantitative estimate of drug-likeness (QED) is 0.772. The fourth-order valence-electron chi connectivity index (χ4n) is 2.24. The molecule has 0 amide bonds. The van der Waals surface area contributed by atoms with E-state index in [1.165, 1.54) is 0 Å². The van der Waals surface area contributed by atoms with Crippen LogP contribution in [-0.4, -0.2) is 57.0 Å². The van der Waals surface area contributed by atoms with Gasteiger partial charge in [0.25, 0.3) is 0 Å². The fraction of sp³-hybridized carbons (Fsp3) is 1.00. The van der Waals surface area contributed by atoms with Crippen LogP contribution in [0.25, 0.3) is 0 Å². The lowest BCUT2D eigenvalue weighted by Crippen LogP contribution is -2.44. The highest BCUT2D eigenvalue weighted by molar-refractivity contribution is 7.92. The van der Waals surface area contributed by atoms with E-state index in [1.54, 1.807) is 0 Å². The SMILES string of the molecule is CCN(C)CC(C)NCC1CCCCS1(=O)=O.